The highest BCUT2D eigenvalue weighted by Gasteiger charge is 2.19. The Balaban J connectivity index is 4.46. The van der Waals surface area contributed by atoms with E-state index in [2.05, 4.69) is 81.5 Å². The van der Waals surface area contributed by atoms with Gasteiger partial charge in [0.25, 0.3) is 0 Å². The van der Waals surface area contributed by atoms with Gasteiger partial charge in [-0.15, -0.1) is 0 Å². The molecule has 0 saturated heterocycles. The second-order valence-electron chi connectivity index (χ2n) is 18.8. The van der Waals surface area contributed by atoms with Gasteiger partial charge in [0.15, 0.2) is 6.10 Å². The van der Waals surface area contributed by atoms with E-state index in [0.717, 1.165) is 83.5 Å². The lowest BCUT2D eigenvalue weighted by atomic mass is 10.0. The minimum atomic E-state index is -0.818. The summed E-state index contributed by atoms with van der Waals surface area (Å²) in [6, 6.07) is 0. The van der Waals surface area contributed by atoms with E-state index in [4.69, 9.17) is 14.2 Å². The van der Waals surface area contributed by atoms with Gasteiger partial charge in [0.05, 0.1) is 6.42 Å². The number of hydrogen-bond donors (Lipinski definition) is 0. The normalized spacial score (nSPS) is 12.6. The summed E-state index contributed by atoms with van der Waals surface area (Å²) in [7, 11) is 0. The van der Waals surface area contributed by atoms with Gasteiger partial charge in [-0.1, -0.05) is 261 Å². The van der Waals surface area contributed by atoms with Crippen molar-refractivity contribution in [1.82, 2.24) is 0 Å². The van der Waals surface area contributed by atoms with Crippen molar-refractivity contribution >= 4 is 17.9 Å². The Kier molecular flexibility index (Phi) is 52.8. The van der Waals surface area contributed by atoms with Gasteiger partial charge in [-0.25, -0.2) is 0 Å². The van der Waals surface area contributed by atoms with E-state index in [1.165, 1.54) is 154 Å². The molecule has 0 aliphatic heterocycles. The summed E-state index contributed by atoms with van der Waals surface area (Å²) in [5, 5.41) is 0. The maximum absolute atomic E-state index is 12.8. The third kappa shape index (κ3) is 53.7. The molecule has 0 aliphatic rings. The van der Waals surface area contributed by atoms with Crippen molar-refractivity contribution in [3.63, 3.8) is 0 Å². The predicted molar refractivity (Wildman–Crippen MR) is 288 cm³/mol. The average Bonchev–Trinajstić information content (AvgIpc) is 3.33. The zero-order valence-corrected chi connectivity index (χ0v) is 44.2. The molecule has 0 N–H and O–H groups in total. The monoisotopic (exact) mass is 935 g/mol. The van der Waals surface area contributed by atoms with E-state index in [0.29, 0.717) is 12.8 Å². The van der Waals surface area contributed by atoms with E-state index in [-0.39, 0.29) is 31.6 Å². The van der Waals surface area contributed by atoms with Crippen molar-refractivity contribution < 1.29 is 28.6 Å². The number of hydrogen-bond acceptors (Lipinski definition) is 6. The topological polar surface area (TPSA) is 78.9 Å². The molecule has 0 fully saturated rings. The Morgan fingerprint density at radius 3 is 1.03 bits per heavy atom. The van der Waals surface area contributed by atoms with Crippen LogP contribution in [0.4, 0.5) is 0 Å². The van der Waals surface area contributed by atoms with Crippen molar-refractivity contribution in [1.29, 1.82) is 0 Å². The quantitative estimate of drug-likeness (QED) is 0.0262. The smallest absolute Gasteiger partial charge is 0.309 e. The van der Waals surface area contributed by atoms with Gasteiger partial charge in [-0.2, -0.15) is 0 Å². The molecule has 0 bridgehead atoms. The maximum atomic E-state index is 12.8. The molecule has 0 spiro atoms. The SMILES string of the molecule is CC/C=C\C/C=C\C/C=C\C/C=C\C/C=C\CC(=O)OCC(COC(=O)CCCCCCCCCCCCCCCCCCCC)OC(=O)CCCCCCC/C=C\CCCCCCCCC. The molecular formula is C61H106O6. The summed E-state index contributed by atoms with van der Waals surface area (Å²) < 4.78 is 16.7. The van der Waals surface area contributed by atoms with Crippen LogP contribution in [0.3, 0.4) is 0 Å². The Hall–Kier alpha value is -3.15. The molecule has 0 heterocycles. The van der Waals surface area contributed by atoms with E-state index in [1.54, 1.807) is 6.08 Å². The first-order valence-corrected chi connectivity index (χ1v) is 28.4. The lowest BCUT2D eigenvalue weighted by molar-refractivity contribution is -0.166. The first kappa shape index (κ1) is 63.8. The second kappa shape index (κ2) is 55.4. The fraction of sp³-hybridized carbons (Fsp3) is 0.754. The summed E-state index contributed by atoms with van der Waals surface area (Å²) in [6.45, 7) is 6.45. The molecule has 0 amide bonds. The standard InChI is InChI=1S/C61H106O6/c1-4-7-10-13-16-19-22-25-28-30-31-34-36-39-42-45-48-51-54-60(63)66-57-58(56-65-59(62)53-50-47-44-41-38-35-32-27-24-21-18-15-12-9-6-3)67-61(64)55-52-49-46-43-40-37-33-29-26-23-20-17-14-11-8-5-2/h9,12,18,21,27,29,32-33,38,41,47,50,58H,4-8,10-11,13-17,19-20,22-26,28,30-31,34-37,39-40,42-46,48-49,51-57H2,1-3H3/b12-9-,21-18-,32-27-,33-29-,41-38-,50-47-. The molecular weight excluding hydrogens is 829 g/mol. The summed E-state index contributed by atoms with van der Waals surface area (Å²) in [5.74, 6) is -1.04. The number of rotatable bonds is 51. The van der Waals surface area contributed by atoms with Gasteiger partial charge >= 0.3 is 17.9 Å². The van der Waals surface area contributed by atoms with E-state index >= 15 is 0 Å². The predicted octanol–water partition coefficient (Wildman–Crippen LogP) is 19.0. The lowest BCUT2D eigenvalue weighted by Crippen LogP contribution is -2.30. The zero-order valence-electron chi connectivity index (χ0n) is 44.2. The Labute approximate surface area is 414 Å². The average molecular weight is 936 g/mol. The molecule has 67 heavy (non-hydrogen) atoms. The van der Waals surface area contributed by atoms with Gasteiger partial charge < -0.3 is 14.2 Å². The van der Waals surface area contributed by atoms with Gasteiger partial charge in [0, 0.05) is 12.8 Å². The molecule has 0 aromatic heterocycles. The Morgan fingerprint density at radius 1 is 0.328 bits per heavy atom. The largest absolute Gasteiger partial charge is 0.462 e. The molecule has 0 rings (SSSR count). The van der Waals surface area contributed by atoms with Crippen LogP contribution in [0, 0.1) is 0 Å². The van der Waals surface area contributed by atoms with Crippen LogP contribution in [0.2, 0.25) is 0 Å². The fourth-order valence-electron chi connectivity index (χ4n) is 7.98. The van der Waals surface area contributed by atoms with Crippen LogP contribution < -0.4 is 0 Å². The van der Waals surface area contributed by atoms with Crippen molar-refractivity contribution in [2.24, 2.45) is 0 Å². The van der Waals surface area contributed by atoms with E-state index < -0.39 is 12.1 Å². The first-order chi connectivity index (χ1) is 33.0. The Morgan fingerprint density at radius 2 is 0.642 bits per heavy atom. The van der Waals surface area contributed by atoms with Gasteiger partial charge in [0.2, 0.25) is 0 Å². The number of ether oxygens (including phenoxy) is 3. The zero-order chi connectivity index (χ0) is 48.6. The number of allylic oxidation sites excluding steroid dienone is 11. The van der Waals surface area contributed by atoms with Gasteiger partial charge in [-0.05, 0) is 70.6 Å². The molecule has 0 aromatic rings. The van der Waals surface area contributed by atoms with Crippen LogP contribution in [0.25, 0.3) is 0 Å². The van der Waals surface area contributed by atoms with Crippen LogP contribution >= 0.6 is 0 Å². The van der Waals surface area contributed by atoms with Crippen LogP contribution in [0.1, 0.15) is 278 Å². The molecule has 1 atom stereocenters. The molecule has 386 valence electrons. The second-order valence-corrected chi connectivity index (χ2v) is 18.8. The first-order valence-electron chi connectivity index (χ1n) is 28.4. The third-order valence-electron chi connectivity index (χ3n) is 12.2. The number of unbranched alkanes of at least 4 members (excludes halogenated alkanes) is 29. The summed E-state index contributed by atoms with van der Waals surface area (Å²) >= 11 is 0. The van der Waals surface area contributed by atoms with Crippen LogP contribution in [0.5, 0.6) is 0 Å². The van der Waals surface area contributed by atoms with Crippen molar-refractivity contribution in [3.8, 4) is 0 Å². The fourth-order valence-corrected chi connectivity index (χ4v) is 7.98. The van der Waals surface area contributed by atoms with Crippen LogP contribution in [-0.4, -0.2) is 37.2 Å². The number of esters is 3. The van der Waals surface area contributed by atoms with Crippen molar-refractivity contribution in [2.75, 3.05) is 13.2 Å². The molecule has 6 nitrogen and oxygen atoms in total. The highest BCUT2D eigenvalue weighted by Crippen LogP contribution is 2.16. The van der Waals surface area contributed by atoms with Crippen LogP contribution in [-0.2, 0) is 28.6 Å². The maximum Gasteiger partial charge on any atom is 0.309 e. The molecule has 0 aromatic carbocycles. The molecule has 6 heteroatoms. The summed E-state index contributed by atoms with van der Waals surface area (Å²) in [4.78, 5) is 38.1. The molecule has 1 unspecified atom stereocenters. The Bertz CT molecular complexity index is 1260. The molecule has 0 radical (unpaired) electrons. The number of carbonyl (C=O) groups excluding carboxylic acids is 3. The summed E-state index contributed by atoms with van der Waals surface area (Å²) in [5.41, 5.74) is 0. The summed E-state index contributed by atoms with van der Waals surface area (Å²) in [6.07, 6.45) is 70.6. The van der Waals surface area contributed by atoms with E-state index in [9.17, 15) is 14.4 Å². The minimum absolute atomic E-state index is 0.106. The van der Waals surface area contributed by atoms with Crippen molar-refractivity contribution in [3.05, 3.63) is 72.9 Å². The van der Waals surface area contributed by atoms with Crippen LogP contribution in [0.15, 0.2) is 72.9 Å². The minimum Gasteiger partial charge on any atom is -0.462 e. The highest BCUT2D eigenvalue weighted by atomic mass is 16.6. The van der Waals surface area contributed by atoms with Gasteiger partial charge in [-0.3, -0.25) is 14.4 Å². The molecule has 0 aliphatic carbocycles. The third-order valence-corrected chi connectivity index (χ3v) is 12.2. The number of carbonyl (C=O) groups is 3. The van der Waals surface area contributed by atoms with E-state index in [1.807, 2.05) is 6.08 Å². The molecule has 0 saturated carbocycles. The van der Waals surface area contributed by atoms with Crippen molar-refractivity contribution in [2.45, 2.75) is 284 Å². The van der Waals surface area contributed by atoms with Gasteiger partial charge in [0.1, 0.15) is 13.2 Å². The highest BCUT2D eigenvalue weighted by molar-refractivity contribution is 5.72. The lowest BCUT2D eigenvalue weighted by Gasteiger charge is -2.18.